The van der Waals surface area contributed by atoms with Crippen LogP contribution in [0.2, 0.25) is 0 Å². The summed E-state index contributed by atoms with van der Waals surface area (Å²) < 4.78 is 14.2. The maximum absolute atomic E-state index is 14.2. The van der Waals surface area contributed by atoms with Crippen molar-refractivity contribution in [3.8, 4) is 0 Å². The van der Waals surface area contributed by atoms with Crippen LogP contribution in [0.3, 0.4) is 0 Å². The molecule has 0 fully saturated rings. The Bertz CT molecular complexity index is 879. The number of carbonyl (C=O) groups is 3. The summed E-state index contributed by atoms with van der Waals surface area (Å²) in [6.45, 7) is 0.0766. The molecule has 0 spiro atoms. The topological polar surface area (TPSA) is 95.5 Å². The minimum atomic E-state index is -1.06. The van der Waals surface area contributed by atoms with Crippen molar-refractivity contribution in [1.29, 1.82) is 0 Å². The number of aryl methyl sites for hydroxylation is 1. The Hall–Kier alpha value is -3.22. The van der Waals surface area contributed by atoms with Gasteiger partial charge in [-0.1, -0.05) is 12.1 Å². The Morgan fingerprint density at radius 1 is 1.20 bits per heavy atom. The van der Waals surface area contributed by atoms with Gasteiger partial charge in [-0.2, -0.15) is 0 Å². The van der Waals surface area contributed by atoms with Crippen LogP contribution >= 0.6 is 0 Å². The molecule has 0 bridgehead atoms. The molecule has 2 aromatic carbocycles. The van der Waals surface area contributed by atoms with E-state index in [0.717, 1.165) is 6.07 Å². The summed E-state index contributed by atoms with van der Waals surface area (Å²) in [7, 11) is 0. The molecular weight excluding hydrogens is 327 g/mol. The van der Waals surface area contributed by atoms with Gasteiger partial charge in [0.15, 0.2) is 0 Å². The van der Waals surface area contributed by atoms with Crippen molar-refractivity contribution in [1.82, 2.24) is 5.32 Å². The van der Waals surface area contributed by atoms with Crippen molar-refractivity contribution in [3.63, 3.8) is 0 Å². The lowest BCUT2D eigenvalue weighted by Gasteiger charge is -2.18. The van der Waals surface area contributed by atoms with Crippen LogP contribution in [0, 0.1) is 5.82 Å². The molecule has 3 N–H and O–H groups in total. The third-order valence-electron chi connectivity index (χ3n) is 3.96. The molecule has 0 aromatic heterocycles. The average molecular weight is 342 g/mol. The van der Waals surface area contributed by atoms with Gasteiger partial charge in [0.2, 0.25) is 5.91 Å². The van der Waals surface area contributed by atoms with Crippen molar-refractivity contribution < 1.29 is 23.9 Å². The molecule has 0 saturated heterocycles. The highest BCUT2D eigenvalue weighted by atomic mass is 19.1. The quantitative estimate of drug-likeness (QED) is 0.795. The molecule has 3 rings (SSSR count). The number of amides is 2. The second kappa shape index (κ2) is 6.72. The third-order valence-corrected chi connectivity index (χ3v) is 3.96. The molecule has 0 radical (unpaired) electrons. The van der Waals surface area contributed by atoms with E-state index < -0.39 is 17.7 Å². The van der Waals surface area contributed by atoms with Crippen LogP contribution in [0.4, 0.5) is 10.1 Å². The van der Waals surface area contributed by atoms with Gasteiger partial charge in [0, 0.05) is 18.7 Å². The normalized spacial score (nSPS) is 12.9. The fraction of sp³-hybridized carbons (Fsp3) is 0.167. The first-order chi connectivity index (χ1) is 11.9. The predicted octanol–water partition coefficient (Wildman–Crippen LogP) is 2.34. The second-order valence-electron chi connectivity index (χ2n) is 5.73. The summed E-state index contributed by atoms with van der Waals surface area (Å²) in [5.41, 5.74) is 1.70. The second-order valence-corrected chi connectivity index (χ2v) is 5.73. The van der Waals surface area contributed by atoms with Crippen molar-refractivity contribution in [2.75, 3.05) is 5.32 Å². The minimum absolute atomic E-state index is 0.0766. The minimum Gasteiger partial charge on any atom is -0.478 e. The third kappa shape index (κ3) is 3.65. The lowest BCUT2D eigenvalue weighted by atomic mass is 9.99. The van der Waals surface area contributed by atoms with Gasteiger partial charge in [0.1, 0.15) is 5.82 Å². The standard InChI is InChI=1S/C18H15FN2O4/c19-14-8-15-11(4-5-16(22)21-15)7-13(14)17(23)20-9-10-2-1-3-12(6-10)18(24)25/h1-3,6-8H,4-5,9H2,(H,20,23)(H,21,22)(H,24,25). The lowest BCUT2D eigenvalue weighted by molar-refractivity contribution is -0.116. The summed E-state index contributed by atoms with van der Waals surface area (Å²) in [5.74, 6) is -2.56. The highest BCUT2D eigenvalue weighted by molar-refractivity contribution is 5.98. The maximum atomic E-state index is 14.2. The number of carboxylic acids is 1. The van der Waals surface area contributed by atoms with Crippen LogP contribution < -0.4 is 10.6 Å². The number of fused-ring (bicyclic) bond motifs is 1. The van der Waals surface area contributed by atoms with Crippen LogP contribution in [0.25, 0.3) is 0 Å². The van der Waals surface area contributed by atoms with Gasteiger partial charge in [-0.05, 0) is 41.8 Å². The van der Waals surface area contributed by atoms with Crippen LogP contribution in [0.5, 0.6) is 0 Å². The number of rotatable bonds is 4. The maximum Gasteiger partial charge on any atom is 0.335 e. The van der Waals surface area contributed by atoms with E-state index >= 15 is 0 Å². The number of anilines is 1. The summed E-state index contributed by atoms with van der Waals surface area (Å²) in [6.07, 6.45) is 0.740. The lowest BCUT2D eigenvalue weighted by Crippen LogP contribution is -2.25. The largest absolute Gasteiger partial charge is 0.478 e. The van der Waals surface area contributed by atoms with Crippen LogP contribution in [0.15, 0.2) is 36.4 Å². The van der Waals surface area contributed by atoms with E-state index in [1.54, 1.807) is 12.1 Å². The average Bonchev–Trinajstić information content (AvgIpc) is 2.59. The predicted molar refractivity (Wildman–Crippen MR) is 87.9 cm³/mol. The first-order valence-corrected chi connectivity index (χ1v) is 7.67. The number of halogens is 1. The number of aromatic carboxylic acids is 1. The van der Waals surface area contributed by atoms with Gasteiger partial charge in [0.05, 0.1) is 11.1 Å². The Morgan fingerprint density at radius 2 is 2.00 bits per heavy atom. The highest BCUT2D eigenvalue weighted by Gasteiger charge is 2.20. The number of benzene rings is 2. The molecular formula is C18H15FN2O4. The molecule has 2 aromatic rings. The van der Waals surface area contributed by atoms with Crippen molar-refractivity contribution in [3.05, 3.63) is 64.5 Å². The van der Waals surface area contributed by atoms with Gasteiger partial charge in [-0.3, -0.25) is 9.59 Å². The molecule has 6 nitrogen and oxygen atoms in total. The van der Waals surface area contributed by atoms with Crippen LogP contribution in [-0.2, 0) is 17.8 Å². The van der Waals surface area contributed by atoms with E-state index in [4.69, 9.17) is 5.11 Å². The molecule has 1 heterocycles. The molecule has 25 heavy (non-hydrogen) atoms. The van der Waals surface area contributed by atoms with Gasteiger partial charge >= 0.3 is 5.97 Å². The molecule has 0 atom stereocenters. The Kier molecular flexibility index (Phi) is 4.47. The summed E-state index contributed by atoms with van der Waals surface area (Å²) in [4.78, 5) is 34.5. The zero-order chi connectivity index (χ0) is 18.0. The Labute approximate surface area is 142 Å². The number of carbonyl (C=O) groups excluding carboxylic acids is 2. The Morgan fingerprint density at radius 3 is 2.76 bits per heavy atom. The van der Waals surface area contributed by atoms with Gasteiger partial charge in [0.25, 0.3) is 5.91 Å². The zero-order valence-electron chi connectivity index (χ0n) is 13.1. The fourth-order valence-electron chi connectivity index (χ4n) is 2.67. The molecule has 0 aliphatic carbocycles. The molecule has 0 saturated carbocycles. The molecule has 7 heteroatoms. The number of hydrogen-bond acceptors (Lipinski definition) is 3. The number of hydrogen-bond donors (Lipinski definition) is 3. The molecule has 2 amide bonds. The van der Waals surface area contributed by atoms with Gasteiger partial charge in [-0.25, -0.2) is 9.18 Å². The van der Waals surface area contributed by atoms with E-state index in [9.17, 15) is 18.8 Å². The first kappa shape index (κ1) is 16.6. The SMILES string of the molecule is O=C1CCc2cc(C(=O)NCc3cccc(C(=O)O)c3)c(F)cc2N1. The molecule has 128 valence electrons. The smallest absolute Gasteiger partial charge is 0.335 e. The van der Waals surface area contributed by atoms with Crippen LogP contribution in [-0.4, -0.2) is 22.9 Å². The van der Waals surface area contributed by atoms with E-state index in [1.807, 2.05) is 0 Å². The first-order valence-electron chi connectivity index (χ1n) is 7.67. The van der Waals surface area contributed by atoms with E-state index in [0.29, 0.717) is 29.7 Å². The summed E-state index contributed by atoms with van der Waals surface area (Å²) in [5, 5.41) is 14.1. The van der Waals surface area contributed by atoms with Crippen LogP contribution in [0.1, 0.15) is 38.3 Å². The molecule has 1 aliphatic rings. The Balaban J connectivity index is 1.74. The van der Waals surface area contributed by atoms with E-state index in [-0.39, 0.29) is 23.6 Å². The van der Waals surface area contributed by atoms with E-state index in [2.05, 4.69) is 10.6 Å². The van der Waals surface area contributed by atoms with E-state index in [1.165, 1.54) is 18.2 Å². The number of nitrogens with one attached hydrogen (secondary N) is 2. The van der Waals surface area contributed by atoms with Gasteiger partial charge in [-0.15, -0.1) is 0 Å². The summed E-state index contributed by atoms with van der Waals surface area (Å²) in [6, 6.07) is 8.73. The fourth-order valence-corrected chi connectivity index (χ4v) is 2.67. The monoisotopic (exact) mass is 342 g/mol. The van der Waals surface area contributed by atoms with Crippen molar-refractivity contribution in [2.24, 2.45) is 0 Å². The van der Waals surface area contributed by atoms with Gasteiger partial charge < -0.3 is 15.7 Å². The molecule has 1 aliphatic heterocycles. The van der Waals surface area contributed by atoms with Crippen molar-refractivity contribution >= 4 is 23.5 Å². The summed E-state index contributed by atoms with van der Waals surface area (Å²) >= 11 is 0. The number of carboxylic acid groups (broad SMARTS) is 1. The highest BCUT2D eigenvalue weighted by Crippen LogP contribution is 2.26. The molecule has 0 unspecified atom stereocenters. The zero-order valence-corrected chi connectivity index (χ0v) is 13.1. The van der Waals surface area contributed by atoms with Crippen molar-refractivity contribution in [2.45, 2.75) is 19.4 Å².